The molecule has 1 saturated heterocycles. The Labute approximate surface area is 424 Å². The van der Waals surface area contributed by atoms with Gasteiger partial charge in [0.15, 0.2) is 5.52 Å². The van der Waals surface area contributed by atoms with Crippen LogP contribution in [0.25, 0.3) is 44.5 Å². The monoisotopic (exact) mass is 1020 g/mol. The van der Waals surface area contributed by atoms with Crippen molar-refractivity contribution in [1.29, 1.82) is 0 Å². The number of amides is 4. The third kappa shape index (κ3) is 10.8. The van der Waals surface area contributed by atoms with Gasteiger partial charge in [-0.1, -0.05) is 84.7 Å². The van der Waals surface area contributed by atoms with E-state index in [1.165, 1.54) is 15.6 Å². The molecule has 6 N–H and O–H groups in total. The molecule has 376 valence electrons. The molecule has 1 atom stereocenters. The van der Waals surface area contributed by atoms with Gasteiger partial charge in [0, 0.05) is 99.7 Å². The summed E-state index contributed by atoms with van der Waals surface area (Å²) in [6.45, 7) is 3.88. The van der Waals surface area contributed by atoms with Crippen LogP contribution in [-0.4, -0.2) is 129 Å². The zero-order chi connectivity index (χ0) is 50.7. The van der Waals surface area contributed by atoms with Crippen LogP contribution in [-0.2, 0) is 58.8 Å². The van der Waals surface area contributed by atoms with Crippen LogP contribution < -0.4 is 21.5 Å². The highest BCUT2D eigenvalue weighted by molar-refractivity contribution is 6.45. The Morgan fingerprint density at radius 1 is 0.903 bits per heavy atom. The number of H-pyrrole nitrogens is 1. The predicted molar refractivity (Wildman–Crippen MR) is 272 cm³/mol. The van der Waals surface area contributed by atoms with E-state index in [-0.39, 0.29) is 73.3 Å². The average molecular weight is 1020 g/mol. The smallest absolute Gasteiger partial charge is 0.281 e. The van der Waals surface area contributed by atoms with Crippen LogP contribution in [0.4, 0.5) is 0 Å². The van der Waals surface area contributed by atoms with Crippen molar-refractivity contribution < 1.29 is 29.4 Å². The van der Waals surface area contributed by atoms with Crippen LogP contribution in [0.1, 0.15) is 54.5 Å². The predicted octanol–water partition coefficient (Wildman–Crippen LogP) is 3.90. The summed E-state index contributed by atoms with van der Waals surface area (Å²) >= 11 is 13.1. The number of likely N-dealkylation sites (tertiary alicyclic amines) is 1. The number of hydrogen-bond acceptors (Lipinski definition) is 11. The molecule has 1 fully saturated rings. The number of rotatable bonds is 17. The van der Waals surface area contributed by atoms with Crippen molar-refractivity contribution >= 4 is 68.8 Å². The lowest BCUT2D eigenvalue weighted by Crippen LogP contribution is -2.49. The number of fused-ring (bicyclic) bond motifs is 4. The van der Waals surface area contributed by atoms with Gasteiger partial charge in [-0.25, -0.2) is 4.98 Å². The van der Waals surface area contributed by atoms with Gasteiger partial charge >= 0.3 is 0 Å². The van der Waals surface area contributed by atoms with Crippen LogP contribution in [0, 0.1) is 0 Å². The second-order valence-electron chi connectivity index (χ2n) is 18.6. The molecule has 2 aliphatic rings. The Morgan fingerprint density at radius 2 is 1.64 bits per heavy atom. The molecule has 4 amide bonds. The van der Waals surface area contributed by atoms with Gasteiger partial charge in [0.2, 0.25) is 23.6 Å². The summed E-state index contributed by atoms with van der Waals surface area (Å²) in [5.74, 6) is -0.766. The number of aromatic amines is 1. The fourth-order valence-electron chi connectivity index (χ4n) is 9.69. The van der Waals surface area contributed by atoms with Crippen molar-refractivity contribution in [2.24, 2.45) is 7.05 Å². The number of aliphatic hydroxyl groups excluding tert-OH is 1. The maximum absolute atomic E-state index is 13.7. The summed E-state index contributed by atoms with van der Waals surface area (Å²) in [4.78, 5) is 76.0. The molecule has 4 aromatic heterocycles. The molecule has 0 radical (unpaired) electrons. The lowest BCUT2D eigenvalue weighted by molar-refractivity contribution is -0.136. The second-order valence-corrected chi connectivity index (χ2v) is 19.4. The molecule has 3 aromatic carbocycles. The topological polar surface area (TPSA) is 238 Å². The lowest BCUT2D eigenvalue weighted by atomic mass is 9.90. The van der Waals surface area contributed by atoms with E-state index in [0.29, 0.717) is 96.4 Å². The molecule has 0 bridgehead atoms. The van der Waals surface area contributed by atoms with E-state index in [0.717, 1.165) is 33.3 Å². The standard InChI is InChI=1S/C51H56Cl2N12O7/c1-31(33-6-4-3-5-7-33)22-42(69)62-20-14-51(72,15-21-62)29-64-30-57-47-48(50(64)71)60-61(2)49(47)34-10-8-32(9-11-34)24-54-25-40(67)55-16-17-56-41(68)27-65-19-13-39(59-65)35-23-37(52)45(53)46-44(35)36-26-63(43(70)28-66)18-12-38(36)58-46/h3-11,13,19,23,30-31,54,58,66,72H,12,14-18,20-22,24-29H2,1-2H3,(H,55,67)(H,56,68)/t31-/m1/s1. The van der Waals surface area contributed by atoms with Crippen molar-refractivity contribution in [3.8, 4) is 22.5 Å². The fraction of sp³-hybridized carbons (Fsp3) is 0.373. The van der Waals surface area contributed by atoms with E-state index in [1.54, 1.807) is 39.9 Å². The molecule has 7 aromatic rings. The molecular formula is C51H56Cl2N12O7. The molecule has 19 nitrogen and oxygen atoms in total. The van der Waals surface area contributed by atoms with E-state index < -0.39 is 12.2 Å². The summed E-state index contributed by atoms with van der Waals surface area (Å²) < 4.78 is 4.53. The Kier molecular flexibility index (Phi) is 14.9. The van der Waals surface area contributed by atoms with E-state index in [1.807, 2.05) is 61.5 Å². The number of piperidine rings is 1. The third-order valence-corrected chi connectivity index (χ3v) is 14.4. The van der Waals surface area contributed by atoms with Crippen LogP contribution in [0.2, 0.25) is 10.0 Å². The van der Waals surface area contributed by atoms with Gasteiger partial charge in [-0.2, -0.15) is 10.2 Å². The molecule has 21 heteroatoms. The van der Waals surface area contributed by atoms with Gasteiger partial charge in [0.05, 0.1) is 52.0 Å². The average Bonchev–Trinajstić information content (AvgIpc) is 4.10. The minimum absolute atomic E-state index is 0.0399. The zero-order valence-corrected chi connectivity index (χ0v) is 41.5. The molecule has 0 spiro atoms. The largest absolute Gasteiger partial charge is 0.388 e. The van der Waals surface area contributed by atoms with E-state index in [9.17, 15) is 34.2 Å². The molecule has 9 rings (SSSR count). The normalized spacial score (nSPS) is 14.9. The number of aliphatic hydroxyl groups is 2. The number of halogens is 2. The van der Waals surface area contributed by atoms with Crippen LogP contribution in [0.15, 0.2) is 84.0 Å². The van der Waals surface area contributed by atoms with Crippen molar-refractivity contribution in [1.82, 2.24) is 59.8 Å². The first-order chi connectivity index (χ1) is 34.7. The van der Waals surface area contributed by atoms with E-state index in [4.69, 9.17) is 23.2 Å². The number of benzene rings is 3. The number of nitrogens with one attached hydrogen (secondary N) is 4. The van der Waals surface area contributed by atoms with Crippen LogP contribution in [0.3, 0.4) is 0 Å². The van der Waals surface area contributed by atoms with Gasteiger partial charge in [0.1, 0.15) is 18.7 Å². The summed E-state index contributed by atoms with van der Waals surface area (Å²) in [7, 11) is 1.75. The number of carbonyl (C=O) groups is 4. The van der Waals surface area contributed by atoms with Crippen molar-refractivity contribution in [2.45, 2.75) is 70.3 Å². The van der Waals surface area contributed by atoms with Gasteiger partial charge in [-0.15, -0.1) is 0 Å². The molecule has 72 heavy (non-hydrogen) atoms. The first kappa shape index (κ1) is 50.1. The number of aryl methyl sites for hydroxylation is 1. The Morgan fingerprint density at radius 3 is 2.38 bits per heavy atom. The van der Waals surface area contributed by atoms with E-state index in [2.05, 4.69) is 36.1 Å². The quantitative estimate of drug-likeness (QED) is 0.0716. The highest BCUT2D eigenvalue weighted by Crippen LogP contribution is 2.42. The summed E-state index contributed by atoms with van der Waals surface area (Å²) in [5.41, 5.74) is 6.28. The Balaban J connectivity index is 0.714. The maximum atomic E-state index is 13.7. The molecule has 2 aliphatic heterocycles. The minimum atomic E-state index is -1.18. The highest BCUT2D eigenvalue weighted by atomic mass is 35.5. The van der Waals surface area contributed by atoms with Crippen LogP contribution >= 0.6 is 23.2 Å². The Hall–Kier alpha value is -6.90. The number of hydrogen-bond donors (Lipinski definition) is 6. The van der Waals surface area contributed by atoms with Gasteiger partial charge in [-0.3, -0.25) is 37.9 Å². The first-order valence-corrected chi connectivity index (χ1v) is 24.7. The number of aromatic nitrogens is 7. The first-order valence-electron chi connectivity index (χ1n) is 23.9. The third-order valence-electron chi connectivity index (χ3n) is 13.6. The highest BCUT2D eigenvalue weighted by Gasteiger charge is 2.35. The second kappa shape index (κ2) is 21.4. The number of nitrogens with zero attached hydrogens (tertiary/aromatic N) is 8. The van der Waals surface area contributed by atoms with Crippen molar-refractivity contribution in [2.75, 3.05) is 45.9 Å². The Bertz CT molecular complexity index is 3210. The number of carbonyl (C=O) groups excluding carboxylic acids is 4. The maximum Gasteiger partial charge on any atom is 0.281 e. The minimum Gasteiger partial charge on any atom is -0.388 e. The summed E-state index contributed by atoms with van der Waals surface area (Å²) in [6, 6.07) is 21.1. The fourth-order valence-corrected chi connectivity index (χ4v) is 10.1. The van der Waals surface area contributed by atoms with Crippen molar-refractivity contribution in [3.05, 3.63) is 122 Å². The lowest BCUT2D eigenvalue weighted by Gasteiger charge is -2.38. The van der Waals surface area contributed by atoms with Gasteiger partial charge in [-0.05, 0) is 42.0 Å². The molecule has 0 aliphatic carbocycles. The van der Waals surface area contributed by atoms with Gasteiger partial charge in [0.25, 0.3) is 5.56 Å². The van der Waals surface area contributed by atoms with Crippen LogP contribution in [0.5, 0.6) is 0 Å². The molecule has 0 saturated carbocycles. The molecule has 6 heterocycles. The summed E-state index contributed by atoms with van der Waals surface area (Å²) in [6.07, 6.45) is 4.76. The zero-order valence-electron chi connectivity index (χ0n) is 40.0. The SMILES string of the molecule is C[C@H](CC(=O)N1CCC(O)(Cn2cnc3c(-c4ccc(CNCC(=O)NCCNC(=O)Cn5ccc(-c6cc(Cl)c(Cl)c7[nH]c8c(c67)CN(C(=O)CO)CC8)n5)cc4)n(C)nc3c2=O)CC1)c1ccccc1. The molecule has 0 unspecified atom stereocenters. The summed E-state index contributed by atoms with van der Waals surface area (Å²) in [5, 5.41) is 40.3. The van der Waals surface area contributed by atoms with Gasteiger partial charge < -0.3 is 40.9 Å². The molecular weight excluding hydrogens is 964 g/mol. The van der Waals surface area contributed by atoms with E-state index >= 15 is 0 Å². The van der Waals surface area contributed by atoms with Crippen molar-refractivity contribution in [3.63, 3.8) is 0 Å².